The quantitative estimate of drug-likeness (QED) is 0.666. The van der Waals surface area contributed by atoms with Crippen molar-refractivity contribution < 1.29 is 4.74 Å². The largest absolute Gasteiger partial charge is 0.497 e. The molecule has 0 bridgehead atoms. The molecule has 0 saturated carbocycles. The molecule has 0 aliphatic heterocycles. The van der Waals surface area contributed by atoms with Crippen LogP contribution in [0.4, 0.5) is 0 Å². The van der Waals surface area contributed by atoms with Gasteiger partial charge in [0.2, 0.25) is 0 Å². The third-order valence-electron chi connectivity index (χ3n) is 3.00. The molecule has 0 fully saturated rings. The summed E-state index contributed by atoms with van der Waals surface area (Å²) in [6, 6.07) is 11.1. The third kappa shape index (κ3) is 3.17. The first-order valence-electron chi connectivity index (χ1n) is 5.76. The molecular formula is C15H13Cl3O. The highest BCUT2D eigenvalue weighted by molar-refractivity contribution is 6.33. The highest BCUT2D eigenvalue weighted by atomic mass is 35.5. The number of methoxy groups -OCH3 is 1. The minimum atomic E-state index is -0.336. The van der Waals surface area contributed by atoms with E-state index in [4.69, 9.17) is 39.5 Å². The Bertz CT molecular complexity index is 596. The molecule has 4 heteroatoms. The van der Waals surface area contributed by atoms with Crippen LogP contribution in [0.25, 0.3) is 0 Å². The van der Waals surface area contributed by atoms with Crippen molar-refractivity contribution in [3.8, 4) is 5.75 Å². The van der Waals surface area contributed by atoms with Gasteiger partial charge in [0, 0.05) is 10.0 Å². The molecule has 0 aliphatic rings. The second-order valence-corrected chi connectivity index (χ2v) is 5.53. The predicted molar refractivity (Wildman–Crippen MR) is 81.9 cm³/mol. The maximum atomic E-state index is 6.53. The Kier molecular flexibility index (Phi) is 4.62. The number of alkyl halides is 1. The van der Waals surface area contributed by atoms with Gasteiger partial charge in [-0.3, -0.25) is 0 Å². The first-order valence-corrected chi connectivity index (χ1v) is 6.95. The Hall–Kier alpha value is -0.890. The molecule has 0 N–H and O–H groups in total. The van der Waals surface area contributed by atoms with E-state index in [1.807, 2.05) is 37.3 Å². The molecule has 2 aromatic carbocycles. The number of hydrogen-bond donors (Lipinski definition) is 0. The van der Waals surface area contributed by atoms with E-state index in [0.29, 0.717) is 15.8 Å². The van der Waals surface area contributed by atoms with Crippen LogP contribution in [0.2, 0.25) is 10.0 Å². The van der Waals surface area contributed by atoms with Crippen LogP contribution in [0.15, 0.2) is 36.4 Å². The molecule has 0 aromatic heterocycles. The van der Waals surface area contributed by atoms with Crippen molar-refractivity contribution in [3.05, 3.63) is 63.1 Å². The monoisotopic (exact) mass is 314 g/mol. The van der Waals surface area contributed by atoms with Gasteiger partial charge in [-0.25, -0.2) is 0 Å². The summed E-state index contributed by atoms with van der Waals surface area (Å²) in [7, 11) is 1.60. The Balaban J connectivity index is 2.43. The van der Waals surface area contributed by atoms with Crippen LogP contribution in [-0.4, -0.2) is 7.11 Å². The lowest BCUT2D eigenvalue weighted by Gasteiger charge is -2.15. The van der Waals surface area contributed by atoms with Gasteiger partial charge >= 0.3 is 0 Å². The Morgan fingerprint density at radius 2 is 1.74 bits per heavy atom. The van der Waals surface area contributed by atoms with Crippen LogP contribution < -0.4 is 4.74 Å². The Morgan fingerprint density at radius 1 is 1.00 bits per heavy atom. The van der Waals surface area contributed by atoms with Crippen molar-refractivity contribution in [2.75, 3.05) is 7.11 Å². The maximum Gasteiger partial charge on any atom is 0.120 e. The van der Waals surface area contributed by atoms with Gasteiger partial charge in [0.15, 0.2) is 0 Å². The van der Waals surface area contributed by atoms with Crippen molar-refractivity contribution in [2.24, 2.45) is 0 Å². The van der Waals surface area contributed by atoms with Crippen LogP contribution in [0.3, 0.4) is 0 Å². The summed E-state index contributed by atoms with van der Waals surface area (Å²) in [5.41, 5.74) is 2.88. The molecule has 0 spiro atoms. The second-order valence-electron chi connectivity index (χ2n) is 4.25. The van der Waals surface area contributed by atoms with Crippen LogP contribution >= 0.6 is 34.8 Å². The maximum absolute atomic E-state index is 6.53. The zero-order valence-electron chi connectivity index (χ0n) is 10.6. The minimum Gasteiger partial charge on any atom is -0.497 e. The minimum absolute atomic E-state index is 0.336. The summed E-state index contributed by atoms with van der Waals surface area (Å²) in [6.45, 7) is 2.00. The first-order chi connectivity index (χ1) is 9.02. The predicted octanol–water partition coefficient (Wildman–Crippen LogP) is 5.64. The van der Waals surface area contributed by atoms with E-state index in [0.717, 1.165) is 16.7 Å². The lowest BCUT2D eigenvalue weighted by molar-refractivity contribution is 0.414. The zero-order valence-corrected chi connectivity index (χ0v) is 12.9. The van der Waals surface area contributed by atoms with E-state index >= 15 is 0 Å². The van der Waals surface area contributed by atoms with Crippen molar-refractivity contribution in [3.63, 3.8) is 0 Å². The summed E-state index contributed by atoms with van der Waals surface area (Å²) in [5, 5.41) is 0.909. The van der Waals surface area contributed by atoms with Gasteiger partial charge < -0.3 is 4.74 Å². The lowest BCUT2D eigenvalue weighted by atomic mass is 10.00. The topological polar surface area (TPSA) is 9.23 Å². The van der Waals surface area contributed by atoms with E-state index in [-0.39, 0.29) is 5.38 Å². The average molecular weight is 316 g/mol. The van der Waals surface area contributed by atoms with Gasteiger partial charge in [-0.2, -0.15) is 0 Å². The molecule has 1 atom stereocenters. The molecule has 0 amide bonds. The molecule has 0 radical (unpaired) electrons. The number of aryl methyl sites for hydroxylation is 1. The van der Waals surface area contributed by atoms with Gasteiger partial charge in [0.25, 0.3) is 0 Å². The normalized spacial score (nSPS) is 12.3. The molecule has 2 rings (SSSR count). The third-order valence-corrected chi connectivity index (χ3v) is 4.03. The van der Waals surface area contributed by atoms with Gasteiger partial charge in [0.05, 0.1) is 12.5 Å². The van der Waals surface area contributed by atoms with Gasteiger partial charge in [0.1, 0.15) is 5.75 Å². The van der Waals surface area contributed by atoms with E-state index in [2.05, 4.69) is 0 Å². The SMILES string of the molecule is COc1ccc(C(Cl)c2cc(Cl)ccc2C)c(Cl)c1. The van der Waals surface area contributed by atoms with Crippen LogP contribution in [0, 0.1) is 6.92 Å². The Labute approximate surface area is 128 Å². The summed E-state index contributed by atoms with van der Waals surface area (Å²) < 4.78 is 5.13. The number of ether oxygens (including phenoxy) is 1. The zero-order chi connectivity index (χ0) is 14.0. The smallest absolute Gasteiger partial charge is 0.120 e. The first kappa shape index (κ1) is 14.5. The molecular weight excluding hydrogens is 303 g/mol. The van der Waals surface area contributed by atoms with Crippen LogP contribution in [-0.2, 0) is 0 Å². The second kappa shape index (κ2) is 6.04. The van der Waals surface area contributed by atoms with Crippen molar-refractivity contribution >= 4 is 34.8 Å². The van der Waals surface area contributed by atoms with E-state index in [1.54, 1.807) is 13.2 Å². The average Bonchev–Trinajstić information content (AvgIpc) is 2.40. The number of hydrogen-bond acceptors (Lipinski definition) is 1. The van der Waals surface area contributed by atoms with E-state index < -0.39 is 0 Å². The fourth-order valence-corrected chi connectivity index (χ4v) is 2.83. The Morgan fingerprint density at radius 3 is 2.37 bits per heavy atom. The van der Waals surface area contributed by atoms with Crippen molar-refractivity contribution in [1.82, 2.24) is 0 Å². The number of halogens is 3. The van der Waals surface area contributed by atoms with Gasteiger partial charge in [-0.1, -0.05) is 35.3 Å². The highest BCUT2D eigenvalue weighted by Crippen LogP contribution is 2.37. The molecule has 0 saturated heterocycles. The molecule has 1 unspecified atom stereocenters. The molecule has 2 aromatic rings. The van der Waals surface area contributed by atoms with Crippen molar-refractivity contribution in [2.45, 2.75) is 12.3 Å². The van der Waals surface area contributed by atoms with E-state index in [9.17, 15) is 0 Å². The molecule has 19 heavy (non-hydrogen) atoms. The summed E-state index contributed by atoms with van der Waals surface area (Å²) in [4.78, 5) is 0. The number of benzene rings is 2. The molecule has 1 nitrogen and oxygen atoms in total. The number of rotatable bonds is 3. The van der Waals surface area contributed by atoms with Gasteiger partial charge in [-0.15, -0.1) is 11.6 Å². The molecule has 0 aliphatic carbocycles. The fourth-order valence-electron chi connectivity index (χ4n) is 1.89. The van der Waals surface area contributed by atoms with Crippen LogP contribution in [0.1, 0.15) is 22.1 Å². The standard InChI is InChI=1S/C15H13Cl3O/c1-9-3-4-10(16)7-13(9)15(18)12-6-5-11(19-2)8-14(12)17/h3-8,15H,1-2H3. The van der Waals surface area contributed by atoms with Crippen molar-refractivity contribution in [1.29, 1.82) is 0 Å². The van der Waals surface area contributed by atoms with Crippen LogP contribution in [0.5, 0.6) is 5.75 Å². The fraction of sp³-hybridized carbons (Fsp3) is 0.200. The summed E-state index contributed by atoms with van der Waals surface area (Å²) in [6.07, 6.45) is 0. The molecule has 100 valence electrons. The van der Waals surface area contributed by atoms with E-state index in [1.165, 1.54) is 0 Å². The van der Waals surface area contributed by atoms with Gasteiger partial charge in [-0.05, 0) is 47.9 Å². The summed E-state index contributed by atoms with van der Waals surface area (Å²) >= 11 is 18.8. The highest BCUT2D eigenvalue weighted by Gasteiger charge is 2.17. The lowest BCUT2D eigenvalue weighted by Crippen LogP contribution is -1.98. The molecule has 0 heterocycles. The summed E-state index contributed by atoms with van der Waals surface area (Å²) in [5.74, 6) is 0.709.